The fraction of sp³-hybridized carbons (Fsp3) is 0.429. The summed E-state index contributed by atoms with van der Waals surface area (Å²) in [7, 11) is -3.67. The van der Waals surface area contributed by atoms with E-state index >= 15 is 0 Å². The van der Waals surface area contributed by atoms with Crippen LogP contribution in [0.5, 0.6) is 5.88 Å². The van der Waals surface area contributed by atoms with Gasteiger partial charge in [-0.1, -0.05) is 26.0 Å². The van der Waals surface area contributed by atoms with Crippen LogP contribution in [0.3, 0.4) is 0 Å². The van der Waals surface area contributed by atoms with Gasteiger partial charge in [0.2, 0.25) is 15.9 Å². The molecule has 1 aromatic heterocycles. The molecule has 1 aliphatic rings. The fourth-order valence-corrected chi connectivity index (χ4v) is 4.66. The van der Waals surface area contributed by atoms with Crippen molar-refractivity contribution in [2.45, 2.75) is 30.8 Å². The zero-order valence-corrected chi connectivity index (χ0v) is 18.5. The van der Waals surface area contributed by atoms with Crippen LogP contribution in [0.15, 0.2) is 47.5 Å². The minimum Gasteiger partial charge on any atom is -0.468 e. The number of benzene rings is 1. The van der Waals surface area contributed by atoms with Gasteiger partial charge in [-0.2, -0.15) is 17.5 Å². The van der Waals surface area contributed by atoms with Gasteiger partial charge in [-0.15, -0.1) is 0 Å². The lowest BCUT2D eigenvalue weighted by atomic mass is 10.0. The maximum Gasteiger partial charge on any atom is 0.422 e. The summed E-state index contributed by atoms with van der Waals surface area (Å²) in [6, 6.07) is 9.31. The highest BCUT2D eigenvalue weighted by atomic mass is 32.2. The first kappa shape index (κ1) is 24.0. The van der Waals surface area contributed by atoms with Crippen LogP contribution < -0.4 is 4.74 Å². The molecular weight excluding hydrogens is 447 g/mol. The summed E-state index contributed by atoms with van der Waals surface area (Å²) in [6.45, 7) is 3.24. The molecule has 2 aromatic rings. The smallest absolute Gasteiger partial charge is 0.422 e. The maximum absolute atomic E-state index is 12.9. The Kier molecular flexibility index (Phi) is 7.09. The first-order chi connectivity index (χ1) is 15.0. The molecule has 11 heteroatoms. The topological polar surface area (TPSA) is 79.8 Å². The number of rotatable bonds is 6. The van der Waals surface area contributed by atoms with Crippen molar-refractivity contribution in [1.29, 1.82) is 0 Å². The Labute approximate surface area is 184 Å². The molecule has 0 atom stereocenters. The number of aromatic nitrogens is 1. The molecular formula is C21H24F3N3O4S. The highest BCUT2D eigenvalue weighted by Gasteiger charge is 2.31. The molecule has 0 N–H and O–H groups in total. The van der Waals surface area contributed by atoms with E-state index in [1.165, 1.54) is 21.3 Å². The van der Waals surface area contributed by atoms with Gasteiger partial charge in [0.1, 0.15) is 0 Å². The summed E-state index contributed by atoms with van der Waals surface area (Å²) in [4.78, 5) is 18.1. The summed E-state index contributed by atoms with van der Waals surface area (Å²) in [5, 5.41) is 0. The molecule has 1 saturated heterocycles. The first-order valence-corrected chi connectivity index (χ1v) is 11.5. The van der Waals surface area contributed by atoms with Gasteiger partial charge < -0.3 is 9.64 Å². The second-order valence-corrected chi connectivity index (χ2v) is 9.65. The Hall–Kier alpha value is -2.66. The predicted molar refractivity (Wildman–Crippen MR) is 111 cm³/mol. The number of pyridine rings is 1. The van der Waals surface area contributed by atoms with Gasteiger partial charge in [-0.3, -0.25) is 4.79 Å². The minimum absolute atomic E-state index is 0.139. The maximum atomic E-state index is 12.9. The Morgan fingerprint density at radius 3 is 2.19 bits per heavy atom. The average molecular weight is 472 g/mol. The Morgan fingerprint density at radius 1 is 1.06 bits per heavy atom. The monoisotopic (exact) mass is 471 g/mol. The highest BCUT2D eigenvalue weighted by molar-refractivity contribution is 7.89. The van der Waals surface area contributed by atoms with E-state index < -0.39 is 22.8 Å². The highest BCUT2D eigenvalue weighted by Crippen LogP contribution is 2.22. The summed E-state index contributed by atoms with van der Waals surface area (Å²) < 4.78 is 68.3. The van der Waals surface area contributed by atoms with Gasteiger partial charge in [-0.25, -0.2) is 13.4 Å². The molecule has 1 fully saturated rings. The summed E-state index contributed by atoms with van der Waals surface area (Å²) >= 11 is 0. The van der Waals surface area contributed by atoms with Crippen LogP contribution in [-0.4, -0.2) is 67.5 Å². The third kappa shape index (κ3) is 5.77. The lowest BCUT2D eigenvalue weighted by molar-refractivity contribution is -0.154. The number of hydrogen-bond donors (Lipinski definition) is 0. The zero-order valence-electron chi connectivity index (χ0n) is 17.7. The number of hydrogen-bond acceptors (Lipinski definition) is 5. The Morgan fingerprint density at radius 2 is 1.69 bits per heavy atom. The summed E-state index contributed by atoms with van der Waals surface area (Å²) in [5.74, 6) is -0.322. The number of amides is 1. The van der Waals surface area contributed by atoms with Crippen LogP contribution in [0.2, 0.25) is 0 Å². The third-order valence-electron chi connectivity index (χ3n) is 5.08. The van der Waals surface area contributed by atoms with Gasteiger partial charge in [0, 0.05) is 38.4 Å². The SMILES string of the molecule is CC(C)c1ccc(S(=O)(=O)N2CCN(C(=O)c3ccc(OCC(F)(F)F)nc3)CC2)cc1. The van der Waals surface area contributed by atoms with E-state index in [1.807, 2.05) is 13.8 Å². The second kappa shape index (κ2) is 9.45. The van der Waals surface area contributed by atoms with E-state index in [2.05, 4.69) is 9.72 Å². The molecule has 1 aliphatic heterocycles. The average Bonchev–Trinajstić information content (AvgIpc) is 2.77. The molecule has 3 rings (SSSR count). The van der Waals surface area contributed by atoms with Gasteiger partial charge in [-0.05, 0) is 29.7 Å². The largest absolute Gasteiger partial charge is 0.468 e. The van der Waals surface area contributed by atoms with Crippen LogP contribution in [0.25, 0.3) is 0 Å². The number of piperazine rings is 1. The minimum atomic E-state index is -4.48. The molecule has 174 valence electrons. The number of carbonyl (C=O) groups is 1. The van der Waals surface area contributed by atoms with E-state index in [9.17, 15) is 26.4 Å². The van der Waals surface area contributed by atoms with Crippen molar-refractivity contribution >= 4 is 15.9 Å². The van der Waals surface area contributed by atoms with Crippen LogP contribution in [0, 0.1) is 0 Å². The standard InChI is InChI=1S/C21H24F3N3O4S/c1-15(2)16-3-6-18(7-4-16)32(29,30)27-11-9-26(10-12-27)20(28)17-5-8-19(25-13-17)31-14-21(22,23)24/h3-8,13,15H,9-12,14H2,1-2H3. The molecule has 2 heterocycles. The lowest BCUT2D eigenvalue weighted by Gasteiger charge is -2.34. The molecule has 0 spiro atoms. The van der Waals surface area contributed by atoms with Crippen LogP contribution in [0.1, 0.15) is 35.7 Å². The molecule has 0 unspecified atom stereocenters. The van der Waals surface area contributed by atoms with E-state index in [0.29, 0.717) is 5.92 Å². The second-order valence-electron chi connectivity index (χ2n) is 7.71. The van der Waals surface area contributed by atoms with Crippen molar-refractivity contribution in [1.82, 2.24) is 14.2 Å². The van der Waals surface area contributed by atoms with E-state index in [4.69, 9.17) is 0 Å². The zero-order chi connectivity index (χ0) is 23.5. The number of halogens is 3. The van der Waals surface area contributed by atoms with E-state index in [1.54, 1.807) is 24.3 Å². The first-order valence-electron chi connectivity index (χ1n) is 10.0. The predicted octanol–water partition coefficient (Wildman–Crippen LogP) is 3.29. The van der Waals surface area contributed by atoms with Gasteiger partial charge in [0.05, 0.1) is 10.5 Å². The van der Waals surface area contributed by atoms with Crippen molar-refractivity contribution in [2.24, 2.45) is 0 Å². The number of ether oxygens (including phenoxy) is 1. The van der Waals surface area contributed by atoms with E-state index in [0.717, 1.165) is 11.8 Å². The van der Waals surface area contributed by atoms with Gasteiger partial charge in [0.25, 0.3) is 5.91 Å². The Bertz CT molecular complexity index is 1030. The van der Waals surface area contributed by atoms with Crippen LogP contribution in [0.4, 0.5) is 13.2 Å². The molecule has 0 saturated carbocycles. The van der Waals surface area contributed by atoms with Crippen molar-refractivity contribution in [3.8, 4) is 5.88 Å². The molecule has 0 aliphatic carbocycles. The van der Waals surface area contributed by atoms with Gasteiger partial charge in [0.15, 0.2) is 6.61 Å². The van der Waals surface area contributed by atoms with Crippen molar-refractivity contribution in [3.63, 3.8) is 0 Å². The van der Waals surface area contributed by atoms with Crippen molar-refractivity contribution in [3.05, 3.63) is 53.7 Å². The fourth-order valence-electron chi connectivity index (χ4n) is 3.24. The third-order valence-corrected chi connectivity index (χ3v) is 6.99. The number of alkyl halides is 3. The quantitative estimate of drug-likeness (QED) is 0.646. The van der Waals surface area contributed by atoms with Gasteiger partial charge >= 0.3 is 6.18 Å². The lowest BCUT2D eigenvalue weighted by Crippen LogP contribution is -2.50. The summed E-state index contributed by atoms with van der Waals surface area (Å²) in [6.07, 6.45) is -3.33. The number of sulfonamides is 1. The van der Waals surface area contributed by atoms with Crippen LogP contribution >= 0.6 is 0 Å². The molecule has 1 aromatic carbocycles. The van der Waals surface area contributed by atoms with E-state index in [-0.39, 0.29) is 48.4 Å². The van der Waals surface area contributed by atoms with Crippen molar-refractivity contribution in [2.75, 3.05) is 32.8 Å². The Balaban J connectivity index is 1.59. The molecule has 32 heavy (non-hydrogen) atoms. The normalized spacial score (nSPS) is 15.8. The molecule has 0 radical (unpaired) electrons. The van der Waals surface area contributed by atoms with Crippen molar-refractivity contribution < 1.29 is 31.1 Å². The molecule has 0 bridgehead atoms. The molecule has 7 nitrogen and oxygen atoms in total. The molecule has 1 amide bonds. The summed E-state index contributed by atoms with van der Waals surface area (Å²) in [5.41, 5.74) is 1.23. The number of carbonyl (C=O) groups excluding carboxylic acids is 1. The number of nitrogens with zero attached hydrogens (tertiary/aromatic N) is 3. The van der Waals surface area contributed by atoms with Crippen LogP contribution in [-0.2, 0) is 10.0 Å².